The molecular formula is C4H4N2. The van der Waals surface area contributed by atoms with Crippen molar-refractivity contribution in [2.24, 2.45) is 11.0 Å². The van der Waals surface area contributed by atoms with E-state index in [1.165, 1.54) is 5.70 Å². The van der Waals surface area contributed by atoms with Crippen LogP contribution in [0, 0.1) is 5.92 Å². The maximum Gasteiger partial charge on any atom is 0.0575 e. The highest BCUT2D eigenvalue weighted by atomic mass is 15.3. The van der Waals surface area contributed by atoms with Crippen LogP contribution >= 0.6 is 0 Å². The Kier molecular flexibility index (Phi) is 0.204. The average Bonchev–Trinajstić information content (AvgIpc) is 2.17. The fourth-order valence-electron chi connectivity index (χ4n) is 0.573. The Morgan fingerprint density at radius 2 is 2.83 bits per heavy atom. The predicted molar refractivity (Wildman–Crippen MR) is 23.2 cm³/mol. The van der Waals surface area contributed by atoms with Gasteiger partial charge in [0.05, 0.1) is 5.92 Å². The summed E-state index contributed by atoms with van der Waals surface area (Å²) in [6.45, 7) is 0. The monoisotopic (exact) mass is 80.0 g/mol. The first kappa shape index (κ1) is 2.39. The Morgan fingerprint density at radius 1 is 1.83 bits per heavy atom. The van der Waals surface area contributed by atoms with Crippen LogP contribution in [0.15, 0.2) is 16.9 Å². The van der Waals surface area contributed by atoms with E-state index in [1.54, 1.807) is 0 Å². The number of allylic oxidation sites excluding steroid dienone is 2. The topological polar surface area (TPSA) is 24.4 Å². The van der Waals surface area contributed by atoms with Gasteiger partial charge in [-0.25, -0.2) is 0 Å². The summed E-state index contributed by atoms with van der Waals surface area (Å²) in [7, 11) is 0. The van der Waals surface area contributed by atoms with Gasteiger partial charge >= 0.3 is 0 Å². The molecule has 0 saturated heterocycles. The molecule has 0 unspecified atom stereocenters. The molecule has 0 amide bonds. The van der Waals surface area contributed by atoms with Crippen LogP contribution in [0.2, 0.25) is 0 Å². The van der Waals surface area contributed by atoms with E-state index < -0.39 is 0 Å². The lowest BCUT2D eigenvalue weighted by Crippen LogP contribution is -1.87. The number of hydrazone groups is 1. The zero-order valence-electron chi connectivity index (χ0n) is 3.18. The second-order valence-corrected chi connectivity index (χ2v) is 1.54. The van der Waals surface area contributed by atoms with Crippen LogP contribution in [0.3, 0.4) is 0 Å². The lowest BCUT2D eigenvalue weighted by atomic mass is 10.4. The molecule has 0 saturated carbocycles. The standard InChI is InChI=1S/C4H4N2/c1-3-2-5-6-4(1)3/h1-3,6H/t3-/m0/s1. The zero-order valence-corrected chi connectivity index (χ0v) is 3.18. The molecule has 2 aliphatic rings. The van der Waals surface area contributed by atoms with Crippen LogP contribution in [0.25, 0.3) is 0 Å². The van der Waals surface area contributed by atoms with E-state index in [4.69, 9.17) is 0 Å². The number of nitrogens with one attached hydrogen (secondary N) is 1. The highest BCUT2D eigenvalue weighted by Gasteiger charge is 2.25. The van der Waals surface area contributed by atoms with Gasteiger partial charge in [-0.2, -0.15) is 5.10 Å². The maximum absolute atomic E-state index is 3.77. The van der Waals surface area contributed by atoms with Gasteiger partial charge in [-0.3, -0.25) is 5.43 Å². The summed E-state index contributed by atoms with van der Waals surface area (Å²) in [6, 6.07) is 0. The molecule has 0 aromatic carbocycles. The van der Waals surface area contributed by atoms with Gasteiger partial charge in [0, 0.05) is 11.9 Å². The molecule has 30 valence electrons. The first-order valence-electron chi connectivity index (χ1n) is 1.98. The van der Waals surface area contributed by atoms with Crippen molar-refractivity contribution >= 4 is 6.21 Å². The molecule has 1 aliphatic heterocycles. The first-order chi connectivity index (χ1) is 2.97. The molecule has 1 aliphatic carbocycles. The van der Waals surface area contributed by atoms with Crippen molar-refractivity contribution in [3.05, 3.63) is 11.8 Å². The van der Waals surface area contributed by atoms with Crippen molar-refractivity contribution in [2.75, 3.05) is 0 Å². The van der Waals surface area contributed by atoms with Crippen molar-refractivity contribution < 1.29 is 0 Å². The van der Waals surface area contributed by atoms with Crippen LogP contribution in [0.5, 0.6) is 0 Å². The van der Waals surface area contributed by atoms with Gasteiger partial charge in [-0.05, 0) is 6.08 Å². The Bertz CT molecular complexity index is 134. The quantitative estimate of drug-likeness (QED) is 0.438. The summed E-state index contributed by atoms with van der Waals surface area (Å²) in [5.74, 6) is 0.602. The highest BCUT2D eigenvalue weighted by molar-refractivity contribution is 5.76. The minimum atomic E-state index is 0.602. The van der Waals surface area contributed by atoms with Crippen LogP contribution in [0.4, 0.5) is 0 Å². The molecule has 0 aromatic heterocycles. The number of rotatable bonds is 0. The molecule has 0 fully saturated rings. The van der Waals surface area contributed by atoms with Crippen molar-refractivity contribution in [3.63, 3.8) is 0 Å². The summed E-state index contributed by atoms with van der Waals surface area (Å²) in [5.41, 5.74) is 4.10. The third-order valence-electron chi connectivity index (χ3n) is 1.04. The van der Waals surface area contributed by atoms with Gasteiger partial charge in [-0.15, -0.1) is 0 Å². The summed E-state index contributed by atoms with van der Waals surface area (Å²) in [6.07, 6.45) is 4.03. The molecule has 2 rings (SSSR count). The lowest BCUT2D eigenvalue weighted by molar-refractivity contribution is 0.956. The van der Waals surface area contributed by atoms with E-state index in [2.05, 4.69) is 16.6 Å². The molecule has 2 heteroatoms. The van der Waals surface area contributed by atoms with Gasteiger partial charge in [0.25, 0.3) is 0 Å². The molecule has 0 radical (unpaired) electrons. The predicted octanol–water partition coefficient (Wildman–Crippen LogP) is 0.0891. The summed E-state index contributed by atoms with van der Waals surface area (Å²) >= 11 is 0. The Hall–Kier alpha value is -0.790. The normalized spacial score (nSPS) is 34.7. The second-order valence-electron chi connectivity index (χ2n) is 1.54. The number of fused-ring (bicyclic) bond motifs is 1. The minimum absolute atomic E-state index is 0.602. The van der Waals surface area contributed by atoms with Crippen molar-refractivity contribution in [1.29, 1.82) is 0 Å². The first-order valence-corrected chi connectivity index (χ1v) is 1.98. The third-order valence-corrected chi connectivity index (χ3v) is 1.04. The largest absolute Gasteiger partial charge is 0.282 e. The summed E-state index contributed by atoms with van der Waals surface area (Å²) < 4.78 is 0. The molecular weight excluding hydrogens is 76.1 g/mol. The van der Waals surface area contributed by atoms with Gasteiger partial charge in [0.15, 0.2) is 0 Å². The molecule has 0 spiro atoms. The average molecular weight is 80.1 g/mol. The van der Waals surface area contributed by atoms with Gasteiger partial charge in [0.1, 0.15) is 0 Å². The lowest BCUT2D eigenvalue weighted by Gasteiger charge is -1.75. The van der Waals surface area contributed by atoms with Gasteiger partial charge in [0.2, 0.25) is 0 Å². The minimum Gasteiger partial charge on any atom is -0.282 e. The van der Waals surface area contributed by atoms with E-state index >= 15 is 0 Å². The summed E-state index contributed by atoms with van der Waals surface area (Å²) in [5, 5.41) is 3.77. The fourth-order valence-corrected chi connectivity index (χ4v) is 0.573. The van der Waals surface area contributed by atoms with Crippen molar-refractivity contribution in [2.45, 2.75) is 0 Å². The maximum atomic E-state index is 3.77. The smallest absolute Gasteiger partial charge is 0.0575 e. The van der Waals surface area contributed by atoms with Crippen molar-refractivity contribution in [3.8, 4) is 0 Å². The van der Waals surface area contributed by atoms with E-state index in [9.17, 15) is 0 Å². The SMILES string of the molecule is C1=NNC2=C[C@@H]12. The number of hydrogen-bond donors (Lipinski definition) is 1. The van der Waals surface area contributed by atoms with Crippen LogP contribution in [0.1, 0.15) is 0 Å². The van der Waals surface area contributed by atoms with E-state index in [-0.39, 0.29) is 0 Å². The fraction of sp³-hybridized carbons (Fsp3) is 0.250. The summed E-state index contributed by atoms with van der Waals surface area (Å²) in [4.78, 5) is 0. The van der Waals surface area contributed by atoms with Crippen LogP contribution in [-0.4, -0.2) is 6.21 Å². The van der Waals surface area contributed by atoms with Crippen LogP contribution < -0.4 is 5.43 Å². The molecule has 1 N–H and O–H groups in total. The molecule has 6 heavy (non-hydrogen) atoms. The highest BCUT2D eigenvalue weighted by Crippen LogP contribution is 2.26. The van der Waals surface area contributed by atoms with Gasteiger partial charge in [-0.1, -0.05) is 0 Å². The van der Waals surface area contributed by atoms with E-state index in [0.717, 1.165) is 0 Å². The number of nitrogens with zero attached hydrogens (tertiary/aromatic N) is 1. The van der Waals surface area contributed by atoms with E-state index in [0.29, 0.717) is 5.92 Å². The Morgan fingerprint density at radius 3 is 3.00 bits per heavy atom. The molecule has 1 atom stereocenters. The third kappa shape index (κ3) is 0.125. The zero-order chi connectivity index (χ0) is 3.98. The molecule has 0 aromatic rings. The van der Waals surface area contributed by atoms with Crippen molar-refractivity contribution in [1.82, 2.24) is 5.43 Å². The second kappa shape index (κ2) is 0.511. The Balaban J connectivity index is 2.36. The molecule has 0 bridgehead atoms. The van der Waals surface area contributed by atoms with Crippen LogP contribution in [-0.2, 0) is 0 Å². The van der Waals surface area contributed by atoms with Gasteiger partial charge < -0.3 is 0 Å². The molecule has 2 nitrogen and oxygen atoms in total. The Labute approximate surface area is 35.5 Å². The molecule has 1 heterocycles. The van der Waals surface area contributed by atoms with E-state index in [1.807, 2.05) is 6.21 Å². The number of hydrogen-bond acceptors (Lipinski definition) is 2.